The molecule has 3 aliphatic carbocycles. The molecule has 0 saturated carbocycles. The summed E-state index contributed by atoms with van der Waals surface area (Å²) in [5.41, 5.74) is 2.33. The van der Waals surface area contributed by atoms with E-state index in [9.17, 15) is 0 Å². The van der Waals surface area contributed by atoms with Crippen LogP contribution in [0.4, 0.5) is 0 Å². The van der Waals surface area contributed by atoms with Gasteiger partial charge in [-0.1, -0.05) is 86.5 Å². The van der Waals surface area contributed by atoms with Gasteiger partial charge < -0.3 is 9.47 Å². The molecule has 4 heteroatoms. The molecule has 1 spiro atoms. The van der Waals surface area contributed by atoms with Crippen LogP contribution in [-0.2, 0) is 10.2 Å². The third-order valence-corrected chi connectivity index (χ3v) is 8.06. The molecule has 2 heterocycles. The Morgan fingerprint density at radius 2 is 1.76 bits per heavy atom. The second-order valence-corrected chi connectivity index (χ2v) is 10.0. The summed E-state index contributed by atoms with van der Waals surface area (Å²) in [4.78, 5) is 0. The van der Waals surface area contributed by atoms with E-state index in [1.807, 2.05) is 0 Å². The molecule has 1 aromatic carbocycles. The molecule has 2 nitrogen and oxygen atoms in total. The number of allylic oxidation sites excluding steroid dienone is 7. The minimum absolute atomic E-state index is 0.00681. The molecule has 0 radical (unpaired) electrons. The minimum atomic E-state index is -0.237. The first kappa shape index (κ1) is 18.0. The highest BCUT2D eigenvalue weighted by Crippen LogP contribution is 2.62. The van der Waals surface area contributed by atoms with E-state index in [1.165, 1.54) is 15.6 Å². The van der Waals surface area contributed by atoms with Crippen molar-refractivity contribution < 1.29 is 9.47 Å². The van der Waals surface area contributed by atoms with Crippen LogP contribution in [0, 0.1) is 11.8 Å². The minimum Gasteiger partial charge on any atom is -0.485 e. The Morgan fingerprint density at radius 1 is 0.931 bits per heavy atom. The van der Waals surface area contributed by atoms with Crippen LogP contribution in [-0.4, -0.2) is 12.2 Å². The smallest absolute Gasteiger partial charge is 0.134 e. The number of hydrogen-bond acceptors (Lipinski definition) is 2. The van der Waals surface area contributed by atoms with Gasteiger partial charge in [0.15, 0.2) is 0 Å². The van der Waals surface area contributed by atoms with E-state index in [0.717, 1.165) is 28.8 Å². The fourth-order valence-corrected chi connectivity index (χ4v) is 6.66. The summed E-state index contributed by atoms with van der Waals surface area (Å²) in [7, 11) is 0. The van der Waals surface area contributed by atoms with Gasteiger partial charge in [-0.25, -0.2) is 0 Å². The SMILES string of the molecule is BrC1=CC2Oc3ccccc3C3(C4=CCCC(Br)=C4OC4C=CC=CC43)C2C=C1. The van der Waals surface area contributed by atoms with Gasteiger partial charge in [-0.3, -0.25) is 0 Å². The van der Waals surface area contributed by atoms with Crippen LogP contribution in [0.25, 0.3) is 0 Å². The van der Waals surface area contributed by atoms with Gasteiger partial charge >= 0.3 is 0 Å². The highest BCUT2D eigenvalue weighted by atomic mass is 79.9. The molecule has 0 N–H and O–H groups in total. The lowest BCUT2D eigenvalue weighted by atomic mass is 9.51. The second-order valence-electron chi connectivity index (χ2n) is 8.15. The van der Waals surface area contributed by atoms with Crippen LogP contribution >= 0.6 is 31.9 Å². The zero-order chi connectivity index (χ0) is 19.6. The predicted octanol–water partition coefficient (Wildman–Crippen LogP) is 6.62. The Hall–Kier alpha value is -1.78. The number of halogens is 2. The van der Waals surface area contributed by atoms with E-state index in [0.29, 0.717) is 0 Å². The Morgan fingerprint density at radius 3 is 2.69 bits per heavy atom. The van der Waals surface area contributed by atoms with E-state index in [-0.39, 0.29) is 29.5 Å². The zero-order valence-electron chi connectivity index (χ0n) is 15.7. The Balaban J connectivity index is 1.69. The maximum atomic E-state index is 6.59. The van der Waals surface area contributed by atoms with Crippen molar-refractivity contribution in [1.82, 2.24) is 0 Å². The lowest BCUT2D eigenvalue weighted by Gasteiger charge is -2.57. The van der Waals surface area contributed by atoms with Gasteiger partial charge in [0.2, 0.25) is 0 Å². The van der Waals surface area contributed by atoms with Crippen molar-refractivity contribution in [2.24, 2.45) is 11.8 Å². The molecule has 0 bridgehead atoms. The summed E-state index contributed by atoms with van der Waals surface area (Å²) in [6.07, 6.45) is 19.9. The molecule has 0 amide bonds. The molecule has 146 valence electrons. The molecular weight excluding hydrogens is 492 g/mol. The first-order valence-corrected chi connectivity index (χ1v) is 11.7. The first-order valence-electron chi connectivity index (χ1n) is 10.1. The van der Waals surface area contributed by atoms with Gasteiger partial charge in [0, 0.05) is 37.4 Å². The summed E-state index contributed by atoms with van der Waals surface area (Å²) in [6, 6.07) is 8.57. The van der Waals surface area contributed by atoms with E-state index in [2.05, 4.69) is 105 Å². The molecule has 6 rings (SSSR count). The Bertz CT molecular complexity index is 1070. The zero-order valence-corrected chi connectivity index (χ0v) is 18.9. The topological polar surface area (TPSA) is 18.5 Å². The van der Waals surface area contributed by atoms with Gasteiger partial charge in [-0.15, -0.1) is 0 Å². The Kier molecular flexibility index (Phi) is 4.11. The van der Waals surface area contributed by atoms with Crippen molar-refractivity contribution in [3.05, 3.63) is 98.7 Å². The van der Waals surface area contributed by atoms with Crippen molar-refractivity contribution in [2.45, 2.75) is 30.5 Å². The molecule has 5 unspecified atom stereocenters. The van der Waals surface area contributed by atoms with Gasteiger partial charge in [0.05, 0.1) is 0 Å². The van der Waals surface area contributed by atoms with Crippen molar-refractivity contribution in [1.29, 1.82) is 0 Å². The van der Waals surface area contributed by atoms with Crippen LogP contribution in [0.3, 0.4) is 0 Å². The summed E-state index contributed by atoms with van der Waals surface area (Å²) in [5.74, 6) is 2.39. The van der Waals surface area contributed by atoms with Gasteiger partial charge in [-0.2, -0.15) is 0 Å². The van der Waals surface area contributed by atoms with E-state index in [1.54, 1.807) is 0 Å². The second kappa shape index (κ2) is 6.61. The summed E-state index contributed by atoms with van der Waals surface area (Å²) >= 11 is 7.50. The number of ether oxygens (including phenoxy) is 2. The Labute approximate surface area is 187 Å². The number of para-hydroxylation sites is 1. The maximum absolute atomic E-state index is 6.59. The fraction of sp³-hybridized carbons (Fsp3) is 0.280. The van der Waals surface area contributed by atoms with E-state index in [4.69, 9.17) is 9.47 Å². The highest BCUT2D eigenvalue weighted by molar-refractivity contribution is 9.12. The van der Waals surface area contributed by atoms with Crippen LogP contribution < -0.4 is 4.74 Å². The summed E-state index contributed by atoms with van der Waals surface area (Å²) < 4.78 is 15.4. The van der Waals surface area contributed by atoms with Crippen molar-refractivity contribution in [3.8, 4) is 5.75 Å². The van der Waals surface area contributed by atoms with Crippen molar-refractivity contribution in [2.75, 3.05) is 0 Å². The number of benzene rings is 1. The molecule has 2 aliphatic heterocycles. The molecule has 5 atom stereocenters. The van der Waals surface area contributed by atoms with Crippen molar-refractivity contribution in [3.63, 3.8) is 0 Å². The lowest BCUT2D eigenvalue weighted by molar-refractivity contribution is 0.00663. The average molecular weight is 512 g/mol. The van der Waals surface area contributed by atoms with Gasteiger partial charge in [0.1, 0.15) is 23.7 Å². The quantitative estimate of drug-likeness (QED) is 0.389. The predicted molar refractivity (Wildman–Crippen MR) is 122 cm³/mol. The standard InChI is InChI=1S/C25H20Br2O2/c26-15-12-13-18-23(14-15)28-21-10-3-1-6-16(21)25(18)17-7-2-4-11-22(17)29-24-19(25)8-5-9-20(24)27/h1-4,6-8,10-14,17-18,22-23H,5,9H2. The van der Waals surface area contributed by atoms with Crippen LogP contribution in [0.5, 0.6) is 5.75 Å². The summed E-state index contributed by atoms with van der Waals surface area (Å²) in [6.45, 7) is 0. The third-order valence-electron chi connectivity index (χ3n) is 6.77. The molecule has 0 aromatic heterocycles. The molecule has 1 fully saturated rings. The normalized spacial score (nSPS) is 36.2. The average Bonchev–Trinajstić information content (AvgIpc) is 2.74. The summed E-state index contributed by atoms with van der Waals surface area (Å²) in [5, 5.41) is 0. The number of hydrogen-bond donors (Lipinski definition) is 0. The number of fused-ring (bicyclic) bond motifs is 8. The largest absolute Gasteiger partial charge is 0.485 e. The molecule has 5 aliphatic rings. The maximum Gasteiger partial charge on any atom is 0.134 e. The monoisotopic (exact) mass is 510 g/mol. The third kappa shape index (κ3) is 2.45. The number of rotatable bonds is 0. The van der Waals surface area contributed by atoms with E-state index < -0.39 is 0 Å². The molecule has 1 aromatic rings. The van der Waals surface area contributed by atoms with E-state index >= 15 is 0 Å². The van der Waals surface area contributed by atoms with Crippen molar-refractivity contribution >= 4 is 31.9 Å². The molecular formula is C25H20Br2O2. The van der Waals surface area contributed by atoms with Crippen LogP contribution in [0.15, 0.2) is 93.2 Å². The van der Waals surface area contributed by atoms with Gasteiger partial charge in [0.25, 0.3) is 0 Å². The van der Waals surface area contributed by atoms with Crippen LogP contribution in [0.1, 0.15) is 18.4 Å². The lowest BCUT2D eigenvalue weighted by Crippen LogP contribution is -2.58. The molecule has 29 heavy (non-hydrogen) atoms. The first-order chi connectivity index (χ1) is 14.2. The van der Waals surface area contributed by atoms with Gasteiger partial charge in [-0.05, 0) is 31.1 Å². The fourth-order valence-electron chi connectivity index (χ4n) is 5.71. The van der Waals surface area contributed by atoms with Crippen LogP contribution in [0.2, 0.25) is 0 Å². The molecule has 1 saturated heterocycles. The highest BCUT2D eigenvalue weighted by Gasteiger charge is 2.61.